The maximum Gasteiger partial charge on any atom is 0.252 e. The number of nitrogens with one attached hydrogen (secondary N) is 1. The Morgan fingerprint density at radius 1 is 1.12 bits per heavy atom. The van der Waals surface area contributed by atoms with Crippen molar-refractivity contribution in [3.63, 3.8) is 0 Å². The molecule has 0 radical (unpaired) electrons. The molecule has 2 aromatic carbocycles. The summed E-state index contributed by atoms with van der Waals surface area (Å²) in [5.41, 5.74) is 4.70. The van der Waals surface area contributed by atoms with Gasteiger partial charge in [-0.15, -0.1) is 0 Å². The van der Waals surface area contributed by atoms with Crippen molar-refractivity contribution in [1.82, 2.24) is 10.3 Å². The van der Waals surface area contributed by atoms with Crippen molar-refractivity contribution in [1.29, 1.82) is 0 Å². The molecule has 0 aliphatic carbocycles. The van der Waals surface area contributed by atoms with E-state index in [9.17, 15) is 15.0 Å². The number of nitrogens with zero attached hydrogens (tertiary/aromatic N) is 1. The molecule has 0 unspecified atom stereocenters. The van der Waals surface area contributed by atoms with Gasteiger partial charge in [0.2, 0.25) is 0 Å². The zero-order chi connectivity index (χ0) is 18.8. The van der Waals surface area contributed by atoms with E-state index in [1.165, 1.54) is 12.1 Å². The predicted molar refractivity (Wildman–Crippen MR) is 101 cm³/mol. The number of aromatic nitrogens is 1. The molecule has 0 bridgehead atoms. The average molecular weight is 350 g/mol. The van der Waals surface area contributed by atoms with Crippen LogP contribution in [-0.4, -0.2) is 27.6 Å². The van der Waals surface area contributed by atoms with Gasteiger partial charge in [0.15, 0.2) is 0 Å². The van der Waals surface area contributed by atoms with Crippen molar-refractivity contribution in [2.24, 2.45) is 0 Å². The standard InChI is InChI=1S/C21H22N2O3/c1-12-4-9-18-17(10-12)20(13(2)14(3)23-18)21(26)22-11-19(25)15-5-7-16(24)8-6-15/h4-10,19,24-25H,11H2,1-3H3,(H,22,26)/t19-/m1/s1. The monoisotopic (exact) mass is 350 g/mol. The number of hydrogen-bond donors (Lipinski definition) is 3. The molecule has 134 valence electrons. The molecular formula is C21H22N2O3. The fourth-order valence-electron chi connectivity index (χ4n) is 2.98. The van der Waals surface area contributed by atoms with Crippen LogP contribution >= 0.6 is 0 Å². The third kappa shape index (κ3) is 3.53. The lowest BCUT2D eigenvalue weighted by molar-refractivity contribution is 0.0917. The smallest absolute Gasteiger partial charge is 0.252 e. The molecule has 1 atom stereocenters. The van der Waals surface area contributed by atoms with Gasteiger partial charge in [-0.2, -0.15) is 0 Å². The van der Waals surface area contributed by atoms with Crippen molar-refractivity contribution in [2.75, 3.05) is 6.54 Å². The molecule has 3 aromatic rings. The lowest BCUT2D eigenvalue weighted by Gasteiger charge is -2.16. The highest BCUT2D eigenvalue weighted by molar-refractivity contribution is 6.07. The molecule has 0 saturated heterocycles. The first-order valence-corrected chi connectivity index (χ1v) is 8.49. The van der Waals surface area contributed by atoms with Crippen LogP contribution < -0.4 is 5.32 Å². The molecule has 0 fully saturated rings. The number of fused-ring (bicyclic) bond motifs is 1. The molecule has 0 aliphatic heterocycles. The Kier molecular flexibility index (Phi) is 4.91. The fraction of sp³-hybridized carbons (Fsp3) is 0.238. The van der Waals surface area contributed by atoms with Crippen molar-refractivity contribution in [3.8, 4) is 5.75 Å². The Hall–Kier alpha value is -2.92. The summed E-state index contributed by atoms with van der Waals surface area (Å²) in [5.74, 6) is -0.101. The summed E-state index contributed by atoms with van der Waals surface area (Å²) in [7, 11) is 0. The Morgan fingerprint density at radius 3 is 2.50 bits per heavy atom. The van der Waals surface area contributed by atoms with Crippen LogP contribution in [-0.2, 0) is 0 Å². The van der Waals surface area contributed by atoms with Crippen molar-refractivity contribution in [2.45, 2.75) is 26.9 Å². The van der Waals surface area contributed by atoms with Crippen molar-refractivity contribution >= 4 is 16.8 Å². The molecule has 0 aliphatic rings. The number of phenolic OH excluding ortho intramolecular Hbond substituents is 1. The van der Waals surface area contributed by atoms with Crippen LogP contribution in [0.15, 0.2) is 42.5 Å². The second-order valence-electron chi connectivity index (χ2n) is 6.54. The number of benzene rings is 2. The number of phenols is 1. The Labute approximate surface area is 152 Å². The van der Waals surface area contributed by atoms with Gasteiger partial charge in [-0.3, -0.25) is 9.78 Å². The number of aliphatic hydroxyl groups excluding tert-OH is 1. The molecule has 3 N–H and O–H groups in total. The second-order valence-corrected chi connectivity index (χ2v) is 6.54. The number of aliphatic hydroxyl groups is 1. The first-order valence-electron chi connectivity index (χ1n) is 8.49. The Morgan fingerprint density at radius 2 is 1.81 bits per heavy atom. The third-order valence-electron chi connectivity index (χ3n) is 4.59. The van der Waals surface area contributed by atoms with E-state index >= 15 is 0 Å². The van der Waals surface area contributed by atoms with Gasteiger partial charge in [-0.1, -0.05) is 23.8 Å². The number of hydrogen-bond acceptors (Lipinski definition) is 4. The molecule has 1 aromatic heterocycles. The summed E-state index contributed by atoms with van der Waals surface area (Å²) < 4.78 is 0. The van der Waals surface area contributed by atoms with Gasteiger partial charge >= 0.3 is 0 Å². The zero-order valence-corrected chi connectivity index (χ0v) is 15.1. The predicted octanol–water partition coefficient (Wildman–Crippen LogP) is 3.33. The van der Waals surface area contributed by atoms with Crippen LogP contribution in [0.25, 0.3) is 10.9 Å². The van der Waals surface area contributed by atoms with Crippen LogP contribution in [0, 0.1) is 20.8 Å². The van der Waals surface area contributed by atoms with E-state index in [0.717, 1.165) is 27.7 Å². The second kappa shape index (κ2) is 7.14. The highest BCUT2D eigenvalue weighted by Gasteiger charge is 2.18. The van der Waals surface area contributed by atoms with Gasteiger partial charge in [0.1, 0.15) is 5.75 Å². The van der Waals surface area contributed by atoms with Gasteiger partial charge in [-0.25, -0.2) is 0 Å². The molecule has 5 heteroatoms. The first kappa shape index (κ1) is 17.9. The molecule has 3 rings (SSSR count). The van der Waals surface area contributed by atoms with E-state index in [0.29, 0.717) is 11.1 Å². The average Bonchev–Trinajstić information content (AvgIpc) is 2.61. The Balaban J connectivity index is 1.86. The maximum atomic E-state index is 12.8. The fourth-order valence-corrected chi connectivity index (χ4v) is 2.98. The lowest BCUT2D eigenvalue weighted by atomic mass is 9.99. The van der Waals surface area contributed by atoms with E-state index in [2.05, 4.69) is 10.3 Å². The van der Waals surface area contributed by atoms with Crippen LogP contribution in [0.1, 0.15) is 38.8 Å². The van der Waals surface area contributed by atoms with Gasteiger partial charge in [0, 0.05) is 17.6 Å². The number of carbonyl (C=O) groups excluding carboxylic acids is 1. The summed E-state index contributed by atoms with van der Waals surface area (Å²) in [6, 6.07) is 12.1. The van der Waals surface area contributed by atoms with Crippen LogP contribution in [0.2, 0.25) is 0 Å². The lowest BCUT2D eigenvalue weighted by Crippen LogP contribution is -2.29. The van der Waals surface area contributed by atoms with E-state index in [1.807, 2.05) is 39.0 Å². The van der Waals surface area contributed by atoms with Crippen LogP contribution in [0.3, 0.4) is 0 Å². The number of aromatic hydroxyl groups is 1. The largest absolute Gasteiger partial charge is 0.508 e. The van der Waals surface area contributed by atoms with E-state index in [-0.39, 0.29) is 18.2 Å². The minimum absolute atomic E-state index is 0.0811. The van der Waals surface area contributed by atoms with Gasteiger partial charge < -0.3 is 15.5 Å². The molecule has 0 spiro atoms. The number of amides is 1. The van der Waals surface area contributed by atoms with E-state index in [1.54, 1.807) is 12.1 Å². The highest BCUT2D eigenvalue weighted by atomic mass is 16.3. The minimum Gasteiger partial charge on any atom is -0.508 e. The summed E-state index contributed by atoms with van der Waals surface area (Å²) in [6.45, 7) is 5.83. The topological polar surface area (TPSA) is 82.5 Å². The number of rotatable bonds is 4. The summed E-state index contributed by atoms with van der Waals surface area (Å²) in [4.78, 5) is 17.4. The molecule has 1 heterocycles. The Bertz CT molecular complexity index is 965. The molecule has 26 heavy (non-hydrogen) atoms. The van der Waals surface area contributed by atoms with E-state index < -0.39 is 6.10 Å². The van der Waals surface area contributed by atoms with Gasteiger partial charge in [0.25, 0.3) is 5.91 Å². The molecule has 5 nitrogen and oxygen atoms in total. The normalized spacial score (nSPS) is 12.2. The number of aryl methyl sites for hydroxylation is 2. The maximum absolute atomic E-state index is 12.8. The van der Waals surface area contributed by atoms with Crippen LogP contribution in [0.5, 0.6) is 5.75 Å². The van der Waals surface area contributed by atoms with Crippen LogP contribution in [0.4, 0.5) is 0 Å². The summed E-state index contributed by atoms with van der Waals surface area (Å²) in [5, 5.41) is 23.2. The molecule has 1 amide bonds. The van der Waals surface area contributed by atoms with Crippen molar-refractivity contribution < 1.29 is 15.0 Å². The van der Waals surface area contributed by atoms with Crippen molar-refractivity contribution in [3.05, 3.63) is 70.4 Å². The summed E-state index contributed by atoms with van der Waals surface area (Å²) >= 11 is 0. The third-order valence-corrected chi connectivity index (χ3v) is 4.59. The zero-order valence-electron chi connectivity index (χ0n) is 15.1. The number of pyridine rings is 1. The molecular weight excluding hydrogens is 328 g/mol. The first-order chi connectivity index (χ1) is 12.4. The highest BCUT2D eigenvalue weighted by Crippen LogP contribution is 2.24. The number of carbonyl (C=O) groups is 1. The van der Waals surface area contributed by atoms with Gasteiger partial charge in [-0.05, 0) is 56.2 Å². The molecule has 0 saturated carbocycles. The van der Waals surface area contributed by atoms with E-state index in [4.69, 9.17) is 0 Å². The summed E-state index contributed by atoms with van der Waals surface area (Å²) in [6.07, 6.45) is -0.851. The minimum atomic E-state index is -0.851. The van der Waals surface area contributed by atoms with Gasteiger partial charge in [0.05, 0.1) is 17.2 Å². The quantitative estimate of drug-likeness (QED) is 0.674. The SMILES string of the molecule is Cc1ccc2nc(C)c(C)c(C(=O)NC[C@@H](O)c3ccc(O)cc3)c2c1.